The van der Waals surface area contributed by atoms with Crippen LogP contribution in [0.1, 0.15) is 26.3 Å². The molecule has 0 aliphatic carbocycles. The van der Waals surface area contributed by atoms with Gasteiger partial charge in [-0.05, 0) is 41.3 Å². The topological polar surface area (TPSA) is 53.5 Å². The van der Waals surface area contributed by atoms with Crippen molar-refractivity contribution >= 4 is 44.7 Å². The molecule has 0 radical (unpaired) electrons. The van der Waals surface area contributed by atoms with E-state index in [0.717, 1.165) is 65.7 Å². The SMILES string of the molecule is CC(C)(C)c1ccnc(Oc2[c-]c3c(cc2)Oc2cccc4c2B3c2[c-]c(-c3nc5ccccc5s3)ccc2O4)c1.[Pt+2]. The second-order valence-electron chi connectivity index (χ2n) is 11.3. The Bertz CT molecular complexity index is 1950. The molecule has 8 rings (SSSR count). The number of fused-ring (bicyclic) bond motifs is 5. The minimum Gasteiger partial charge on any atom is -0.518 e. The normalized spacial score (nSPS) is 12.8. The Morgan fingerprint density at radius 3 is 2.31 bits per heavy atom. The first kappa shape index (κ1) is 26.9. The third kappa shape index (κ3) is 4.52. The van der Waals surface area contributed by atoms with Gasteiger partial charge in [0, 0.05) is 44.7 Å². The molecular weight excluding hydrogens is 722 g/mol. The van der Waals surface area contributed by atoms with Crippen molar-refractivity contribution < 1.29 is 35.3 Å². The second-order valence-corrected chi connectivity index (χ2v) is 12.3. The summed E-state index contributed by atoms with van der Waals surface area (Å²) >= 11 is 1.66. The molecule has 2 aromatic heterocycles. The zero-order valence-corrected chi connectivity index (χ0v) is 26.1. The van der Waals surface area contributed by atoms with Crippen LogP contribution in [0.3, 0.4) is 0 Å². The van der Waals surface area contributed by atoms with Gasteiger partial charge in [-0.15, -0.1) is 52.9 Å². The first-order valence-electron chi connectivity index (χ1n) is 13.5. The van der Waals surface area contributed by atoms with E-state index in [0.29, 0.717) is 11.6 Å². The van der Waals surface area contributed by atoms with Gasteiger partial charge in [-0.2, -0.15) is 11.3 Å². The molecule has 0 saturated heterocycles. The number of benzene rings is 4. The van der Waals surface area contributed by atoms with Crippen LogP contribution in [0.5, 0.6) is 34.6 Å². The summed E-state index contributed by atoms with van der Waals surface area (Å²) in [5, 5.41) is 0.922. The van der Waals surface area contributed by atoms with Crippen LogP contribution in [0.2, 0.25) is 0 Å². The van der Waals surface area contributed by atoms with E-state index in [9.17, 15) is 0 Å². The monoisotopic (exact) mass is 745 g/mol. The number of ether oxygens (including phenoxy) is 3. The maximum absolute atomic E-state index is 6.38. The van der Waals surface area contributed by atoms with Crippen molar-refractivity contribution in [3.8, 4) is 45.2 Å². The fourth-order valence-corrected chi connectivity index (χ4v) is 6.40. The van der Waals surface area contributed by atoms with Gasteiger partial charge >= 0.3 is 21.1 Å². The molecule has 0 spiro atoms. The molecule has 8 heteroatoms. The summed E-state index contributed by atoms with van der Waals surface area (Å²) in [6.45, 7) is 6.32. The van der Waals surface area contributed by atoms with Gasteiger partial charge in [0.1, 0.15) is 11.5 Å². The Morgan fingerprint density at radius 2 is 1.55 bits per heavy atom. The van der Waals surface area contributed by atoms with Gasteiger partial charge in [0.25, 0.3) is 0 Å². The van der Waals surface area contributed by atoms with Crippen molar-refractivity contribution in [2.24, 2.45) is 0 Å². The minimum absolute atomic E-state index is 0. The number of hydrogen-bond acceptors (Lipinski definition) is 6. The standard InChI is InChI=1S/C34H23BN2O3S.Pt/c1-34(2,3)21-15-16-36-31(18-21)38-22-12-14-27-24(19-22)35-23-17-20(33-37-25-7-4-5-10-30(25)41-33)11-13-26(23)39-28-8-6-9-29(40-27)32(28)35;/h4-16,18H,1-3H3;/q-2;+2. The van der Waals surface area contributed by atoms with Crippen molar-refractivity contribution in [3.63, 3.8) is 0 Å². The van der Waals surface area contributed by atoms with Gasteiger partial charge in [-0.1, -0.05) is 39.0 Å². The molecule has 0 atom stereocenters. The predicted octanol–water partition coefficient (Wildman–Crippen LogP) is 6.77. The molecule has 206 valence electrons. The summed E-state index contributed by atoms with van der Waals surface area (Å²) in [5.74, 6) is 4.13. The molecule has 2 aliphatic heterocycles. The maximum atomic E-state index is 6.38. The van der Waals surface area contributed by atoms with Crippen molar-refractivity contribution in [2.75, 3.05) is 0 Å². The van der Waals surface area contributed by atoms with Crippen LogP contribution in [-0.4, -0.2) is 16.7 Å². The van der Waals surface area contributed by atoms with Gasteiger partial charge in [0.05, 0.1) is 5.52 Å². The van der Waals surface area contributed by atoms with Crippen molar-refractivity contribution in [1.29, 1.82) is 0 Å². The molecule has 4 heterocycles. The van der Waals surface area contributed by atoms with Gasteiger partial charge < -0.3 is 14.2 Å². The summed E-state index contributed by atoms with van der Waals surface area (Å²) in [7, 11) is 0. The average molecular weight is 746 g/mol. The van der Waals surface area contributed by atoms with Crippen LogP contribution in [-0.2, 0) is 26.5 Å². The van der Waals surface area contributed by atoms with Crippen LogP contribution in [0.15, 0.2) is 85.1 Å². The van der Waals surface area contributed by atoms with Crippen LogP contribution < -0.4 is 30.6 Å². The molecule has 0 bridgehead atoms. The third-order valence-corrected chi connectivity index (χ3v) is 8.59. The quantitative estimate of drug-likeness (QED) is 0.148. The Kier molecular flexibility index (Phi) is 6.49. The van der Waals surface area contributed by atoms with Crippen LogP contribution in [0, 0.1) is 12.1 Å². The number of pyridine rings is 1. The van der Waals surface area contributed by atoms with E-state index in [1.807, 2.05) is 72.8 Å². The van der Waals surface area contributed by atoms with Crippen LogP contribution in [0.25, 0.3) is 20.8 Å². The molecule has 0 amide bonds. The van der Waals surface area contributed by atoms with E-state index >= 15 is 0 Å². The molecular formula is C34H23BN2O3PtS. The number of thiazole rings is 1. The van der Waals surface area contributed by atoms with E-state index in [1.54, 1.807) is 17.5 Å². The summed E-state index contributed by atoms with van der Waals surface area (Å²) in [6.07, 6.45) is 1.78. The maximum Gasteiger partial charge on any atom is 2.00 e. The summed E-state index contributed by atoms with van der Waals surface area (Å²) in [5.41, 5.74) is 5.81. The van der Waals surface area contributed by atoms with Gasteiger partial charge in [0.2, 0.25) is 12.6 Å². The molecule has 6 aromatic rings. The minimum atomic E-state index is -0.194. The van der Waals surface area contributed by atoms with E-state index in [-0.39, 0.29) is 33.2 Å². The molecule has 0 fully saturated rings. The summed E-state index contributed by atoms with van der Waals surface area (Å²) in [6, 6.07) is 33.2. The average Bonchev–Trinajstić information content (AvgIpc) is 3.41. The van der Waals surface area contributed by atoms with E-state index in [2.05, 4.69) is 44.0 Å². The molecule has 2 aliphatic rings. The van der Waals surface area contributed by atoms with Crippen LogP contribution >= 0.6 is 11.3 Å². The molecule has 0 saturated carbocycles. The smallest absolute Gasteiger partial charge is 0.518 e. The summed E-state index contributed by atoms with van der Waals surface area (Å²) in [4.78, 5) is 9.33. The zero-order chi connectivity index (χ0) is 27.7. The number of para-hydroxylation sites is 1. The first-order valence-corrected chi connectivity index (χ1v) is 14.3. The van der Waals surface area contributed by atoms with Gasteiger partial charge in [0.15, 0.2) is 0 Å². The van der Waals surface area contributed by atoms with Crippen LogP contribution in [0.4, 0.5) is 0 Å². The zero-order valence-electron chi connectivity index (χ0n) is 23.0. The number of aromatic nitrogens is 2. The largest absolute Gasteiger partial charge is 2.00 e. The van der Waals surface area contributed by atoms with E-state index < -0.39 is 0 Å². The molecule has 42 heavy (non-hydrogen) atoms. The fourth-order valence-electron chi connectivity index (χ4n) is 5.45. The van der Waals surface area contributed by atoms with E-state index in [1.165, 1.54) is 0 Å². The van der Waals surface area contributed by atoms with Gasteiger partial charge in [-0.3, -0.25) is 4.98 Å². The van der Waals surface area contributed by atoms with E-state index in [4.69, 9.17) is 19.2 Å². The fraction of sp³-hybridized carbons (Fsp3) is 0.118. The second kappa shape index (κ2) is 10.1. The Labute approximate surface area is 262 Å². The van der Waals surface area contributed by atoms with Crippen molar-refractivity contribution in [1.82, 2.24) is 9.97 Å². The van der Waals surface area contributed by atoms with Crippen molar-refractivity contribution in [3.05, 3.63) is 103 Å². The van der Waals surface area contributed by atoms with Gasteiger partial charge in [-0.25, -0.2) is 4.98 Å². The Hall–Kier alpha value is -3.93. The molecule has 5 nitrogen and oxygen atoms in total. The first-order chi connectivity index (χ1) is 19.9. The number of hydrogen-bond donors (Lipinski definition) is 0. The molecule has 0 N–H and O–H groups in total. The Balaban J connectivity index is 0.00000288. The Morgan fingerprint density at radius 1 is 0.810 bits per heavy atom. The number of rotatable bonds is 3. The van der Waals surface area contributed by atoms with Crippen molar-refractivity contribution in [2.45, 2.75) is 26.2 Å². The molecule has 0 unspecified atom stereocenters. The third-order valence-electron chi connectivity index (χ3n) is 7.52. The predicted molar refractivity (Wildman–Crippen MR) is 163 cm³/mol. The number of nitrogens with zero attached hydrogens (tertiary/aromatic N) is 2. The molecule has 4 aromatic carbocycles. The summed E-state index contributed by atoms with van der Waals surface area (Å²) < 4.78 is 20.1.